The van der Waals surface area contributed by atoms with Gasteiger partial charge in [0.1, 0.15) is 10.7 Å². The fraction of sp³-hybridized carbons (Fsp3) is 0.0769. The molecule has 0 bridgehead atoms. The average molecular weight is 340 g/mol. The van der Waals surface area contributed by atoms with Gasteiger partial charge in [0.05, 0.1) is 4.88 Å². The lowest BCUT2D eigenvalue weighted by Gasteiger charge is -2.26. The second kappa shape index (κ2) is 5.11. The predicted molar refractivity (Wildman–Crippen MR) is 81.7 cm³/mol. The summed E-state index contributed by atoms with van der Waals surface area (Å²) in [5.41, 5.74) is -0.874. The van der Waals surface area contributed by atoms with Gasteiger partial charge < -0.3 is 10.4 Å². The van der Waals surface area contributed by atoms with Gasteiger partial charge in [0.15, 0.2) is 11.5 Å². The second-order valence-corrected chi connectivity index (χ2v) is 6.92. The monoisotopic (exact) mass is 340 g/mol. The van der Waals surface area contributed by atoms with Crippen LogP contribution in [0.2, 0.25) is 0 Å². The molecule has 2 N–H and O–H groups in total. The molecular weight excluding hydrogens is 326 g/mol. The Hall–Kier alpha value is -2.39. The van der Waals surface area contributed by atoms with E-state index in [4.69, 9.17) is 4.11 Å². The molecule has 2 aromatic heterocycles. The number of nitrogens with zero attached hydrogens (tertiary/aromatic N) is 2. The van der Waals surface area contributed by atoms with Gasteiger partial charge in [-0.3, -0.25) is 9.10 Å². The summed E-state index contributed by atoms with van der Waals surface area (Å²) in [7, 11) is -4.53. The highest BCUT2D eigenvalue weighted by Crippen LogP contribution is 2.38. The van der Waals surface area contributed by atoms with E-state index >= 15 is 0 Å². The molecule has 2 aromatic rings. The summed E-state index contributed by atoms with van der Waals surface area (Å²) in [6.07, 6.45) is 1.39. The van der Waals surface area contributed by atoms with Crippen molar-refractivity contribution in [2.75, 3.05) is 12.3 Å². The van der Waals surface area contributed by atoms with Crippen LogP contribution < -0.4 is 5.32 Å². The molecule has 114 valence electrons. The number of carbonyl (C=O) groups excluding carboxylic acids is 1. The highest BCUT2D eigenvalue weighted by Gasteiger charge is 2.38. The molecule has 1 aliphatic heterocycles. The van der Waals surface area contributed by atoms with Crippen LogP contribution in [0.4, 0.5) is 5.82 Å². The van der Waals surface area contributed by atoms with Crippen LogP contribution in [0.3, 0.4) is 0 Å². The van der Waals surface area contributed by atoms with E-state index in [1.807, 2.05) is 0 Å². The fourth-order valence-corrected chi connectivity index (χ4v) is 4.36. The summed E-state index contributed by atoms with van der Waals surface area (Å²) >= 11 is 0.883. The molecule has 0 atom stereocenters. The van der Waals surface area contributed by atoms with Crippen LogP contribution in [0.1, 0.15) is 8.99 Å². The highest BCUT2D eigenvalue weighted by atomic mass is 32.2. The minimum atomic E-state index is -4.53. The van der Waals surface area contributed by atoms with E-state index in [2.05, 4.69) is 10.3 Å². The van der Waals surface area contributed by atoms with E-state index in [1.165, 1.54) is 23.7 Å². The summed E-state index contributed by atoms with van der Waals surface area (Å²) in [5, 5.41) is 14.0. The van der Waals surface area contributed by atoms with Gasteiger partial charge in [0, 0.05) is 17.3 Å². The van der Waals surface area contributed by atoms with Gasteiger partial charge >= 0.3 is 0 Å². The van der Waals surface area contributed by atoms with Crippen LogP contribution in [0.5, 0.6) is 0 Å². The van der Waals surface area contributed by atoms with Crippen molar-refractivity contribution >= 4 is 38.8 Å². The number of hydrogen-bond donors (Lipinski definition) is 2. The van der Waals surface area contributed by atoms with Crippen molar-refractivity contribution in [1.29, 1.82) is 0 Å². The number of aliphatic hydroxyl groups is 1. The number of aliphatic hydroxyl groups excluding tert-OH is 1. The molecule has 0 saturated carbocycles. The van der Waals surface area contributed by atoms with Gasteiger partial charge in [0.2, 0.25) is 0 Å². The first-order valence-electron chi connectivity index (χ1n) is 7.43. The van der Waals surface area contributed by atoms with Crippen LogP contribution in [0.25, 0.3) is 5.76 Å². The van der Waals surface area contributed by atoms with Gasteiger partial charge in [-0.15, -0.1) is 11.3 Å². The Morgan fingerprint density at radius 3 is 2.95 bits per heavy atom. The third-order valence-corrected chi connectivity index (χ3v) is 5.52. The smallest absolute Gasteiger partial charge is 0.278 e. The first-order valence-corrected chi connectivity index (χ1v) is 8.25. The van der Waals surface area contributed by atoms with E-state index in [1.54, 1.807) is 12.1 Å². The topological polar surface area (TPSA) is 99.6 Å². The molecule has 3 heterocycles. The summed E-state index contributed by atoms with van der Waals surface area (Å²) in [4.78, 5) is 15.9. The van der Waals surface area contributed by atoms with Crippen molar-refractivity contribution in [2.24, 2.45) is 0 Å². The maximum Gasteiger partial charge on any atom is 0.278 e. The number of pyridine rings is 1. The normalized spacial score (nSPS) is 18.9. The summed E-state index contributed by atoms with van der Waals surface area (Å²) in [5.74, 6) is -1.74. The lowest BCUT2D eigenvalue weighted by molar-refractivity contribution is -0.113. The lowest BCUT2D eigenvalue weighted by atomic mass is 10.3. The number of thiophene rings is 1. The predicted octanol–water partition coefficient (Wildman–Crippen LogP) is 1.64. The van der Waals surface area contributed by atoms with E-state index in [-0.39, 0.29) is 19.9 Å². The fourth-order valence-electron chi connectivity index (χ4n) is 1.91. The summed E-state index contributed by atoms with van der Waals surface area (Å²) in [6.45, 7) is -3.21. The number of hydrogen-bond acceptors (Lipinski definition) is 6. The largest absolute Gasteiger partial charge is 0.504 e. The Morgan fingerprint density at radius 2 is 2.27 bits per heavy atom. The summed E-state index contributed by atoms with van der Waals surface area (Å²) < 4.78 is 47.8. The molecular formula is C13H11N3O4S2. The van der Waals surface area contributed by atoms with E-state index < -0.39 is 34.4 Å². The molecule has 0 saturated heterocycles. The van der Waals surface area contributed by atoms with Gasteiger partial charge in [-0.25, -0.2) is 13.4 Å². The van der Waals surface area contributed by atoms with Crippen LogP contribution in [-0.4, -0.2) is 35.7 Å². The second-order valence-electron chi connectivity index (χ2n) is 4.25. The minimum Gasteiger partial charge on any atom is -0.504 e. The average Bonchev–Trinajstić information content (AvgIpc) is 3.01. The van der Waals surface area contributed by atoms with Crippen molar-refractivity contribution in [1.82, 2.24) is 9.29 Å². The van der Waals surface area contributed by atoms with Gasteiger partial charge in [0.25, 0.3) is 15.9 Å². The number of carbonyl (C=O) groups is 1. The Bertz CT molecular complexity index is 968. The number of fused-ring (bicyclic) bond motifs is 1. The Kier molecular flexibility index (Phi) is 2.60. The maximum atomic E-state index is 12.7. The first-order chi connectivity index (χ1) is 11.6. The van der Waals surface area contributed by atoms with Gasteiger partial charge in [-0.1, -0.05) is 6.07 Å². The number of anilines is 1. The molecule has 7 nitrogen and oxygen atoms in total. The number of amides is 1. The van der Waals surface area contributed by atoms with Crippen LogP contribution >= 0.6 is 11.3 Å². The molecule has 3 rings (SSSR count). The molecule has 0 spiro atoms. The van der Waals surface area contributed by atoms with Crippen LogP contribution in [0.15, 0.2) is 46.4 Å². The molecule has 1 aliphatic rings. The highest BCUT2D eigenvalue weighted by molar-refractivity contribution is 7.89. The molecule has 0 radical (unpaired) electrons. The quantitative estimate of drug-likeness (QED) is 0.866. The number of rotatable bonds is 2. The molecule has 9 heteroatoms. The zero-order valence-electron chi connectivity index (χ0n) is 13.8. The van der Waals surface area contributed by atoms with Crippen molar-refractivity contribution in [3.8, 4) is 0 Å². The third kappa shape index (κ3) is 2.14. The molecule has 0 aromatic carbocycles. The molecule has 0 unspecified atom stereocenters. The van der Waals surface area contributed by atoms with E-state index in [9.17, 15) is 18.3 Å². The van der Waals surface area contributed by atoms with Crippen molar-refractivity contribution < 1.29 is 22.4 Å². The Balaban J connectivity index is 2.17. The van der Waals surface area contributed by atoms with Gasteiger partial charge in [-0.2, -0.15) is 0 Å². The van der Waals surface area contributed by atoms with Crippen molar-refractivity contribution in [2.45, 2.75) is 4.90 Å². The van der Waals surface area contributed by atoms with Crippen molar-refractivity contribution in [3.63, 3.8) is 0 Å². The van der Waals surface area contributed by atoms with E-state index in [0.717, 1.165) is 11.3 Å². The molecule has 22 heavy (non-hydrogen) atoms. The molecule has 0 fully saturated rings. The Labute approximate surface area is 134 Å². The van der Waals surface area contributed by atoms with Gasteiger partial charge in [-0.05, 0) is 23.6 Å². The standard InChI is InChI=1S/C13H11N3O4S2/c1-16-10(13(18)15-9-4-2-3-6-14-9)11(17)12-8(5-7-21-12)22(16,19)20/h2-7,17H,1H3,(H,14,15,18)/i1D3. The number of nitrogens with one attached hydrogen (secondary N) is 1. The molecule has 1 amide bonds. The minimum absolute atomic E-state index is 0.0390. The summed E-state index contributed by atoms with van der Waals surface area (Å²) in [6, 6.07) is 5.79. The SMILES string of the molecule is [2H]C([2H])([2H])N1C(C(=O)Nc2ccccn2)=C(O)c2sccc2S1(=O)=O. The van der Waals surface area contributed by atoms with Crippen LogP contribution in [0, 0.1) is 0 Å². The number of aromatic nitrogens is 1. The van der Waals surface area contributed by atoms with Crippen LogP contribution in [-0.2, 0) is 14.8 Å². The maximum absolute atomic E-state index is 12.7. The number of likely N-dealkylation sites (N-methyl/N-ethyl adjacent to an activating group) is 1. The Morgan fingerprint density at radius 1 is 1.45 bits per heavy atom. The zero-order chi connectivity index (χ0) is 18.4. The number of sulfonamides is 1. The zero-order valence-corrected chi connectivity index (χ0v) is 12.5. The lowest BCUT2D eigenvalue weighted by Crippen LogP contribution is -2.36. The molecule has 0 aliphatic carbocycles. The van der Waals surface area contributed by atoms with E-state index in [0.29, 0.717) is 0 Å². The first kappa shape index (κ1) is 11.2. The third-order valence-electron chi connectivity index (χ3n) is 2.91. The van der Waals surface area contributed by atoms with Crippen molar-refractivity contribution in [3.05, 3.63) is 46.4 Å².